The van der Waals surface area contributed by atoms with Crippen LogP contribution in [0.2, 0.25) is 0 Å². The van der Waals surface area contributed by atoms with Crippen LogP contribution in [-0.2, 0) is 32.9 Å². The van der Waals surface area contributed by atoms with Gasteiger partial charge in [-0.2, -0.15) is 30.8 Å². The summed E-state index contributed by atoms with van der Waals surface area (Å²) in [5.41, 5.74) is -3.57. The van der Waals surface area contributed by atoms with Gasteiger partial charge in [-0.1, -0.05) is 12.1 Å². The van der Waals surface area contributed by atoms with E-state index in [4.69, 9.17) is 9.47 Å². The molecule has 4 rings (SSSR count). The SMILES string of the molecule is C[C@@H](O[C@H]1OCCN(Cc2nn(P(C)(C)=O)c(=O)[nH]2)[C@H]1c1ccc(F)cc1)c1cc(C(F)(F)F)cc(C(F)(F)F)c1. The zero-order valence-corrected chi connectivity index (χ0v) is 22.9. The number of hydrogen-bond donors (Lipinski definition) is 1. The second-order valence-electron chi connectivity index (χ2n) is 9.88. The van der Waals surface area contributed by atoms with Gasteiger partial charge in [0.05, 0.1) is 36.4 Å². The highest BCUT2D eigenvalue weighted by molar-refractivity contribution is 7.60. The summed E-state index contributed by atoms with van der Waals surface area (Å²) in [6.45, 7) is 4.26. The van der Waals surface area contributed by atoms with Crippen molar-refractivity contribution < 1.29 is 44.8 Å². The third-order valence-corrected chi connectivity index (χ3v) is 7.58. The number of halogens is 7. The lowest BCUT2D eigenvalue weighted by Gasteiger charge is -2.41. The van der Waals surface area contributed by atoms with Crippen molar-refractivity contribution in [3.05, 3.63) is 86.8 Å². The Morgan fingerprint density at radius 1 is 1.07 bits per heavy atom. The summed E-state index contributed by atoms with van der Waals surface area (Å²) in [7, 11) is -3.07. The van der Waals surface area contributed by atoms with E-state index in [1.807, 2.05) is 0 Å². The Labute approximate surface area is 229 Å². The predicted molar refractivity (Wildman–Crippen MR) is 133 cm³/mol. The van der Waals surface area contributed by atoms with Crippen LogP contribution in [0.4, 0.5) is 30.7 Å². The van der Waals surface area contributed by atoms with Crippen LogP contribution >= 0.6 is 7.29 Å². The first-order valence-corrected chi connectivity index (χ1v) is 14.8. The van der Waals surface area contributed by atoms with E-state index in [0.717, 1.165) is 4.45 Å². The monoisotopic (exact) mass is 610 g/mol. The van der Waals surface area contributed by atoms with E-state index in [1.165, 1.54) is 44.5 Å². The van der Waals surface area contributed by atoms with Gasteiger partial charge in [0, 0.05) is 19.9 Å². The lowest BCUT2D eigenvalue weighted by Crippen LogP contribution is -2.46. The molecule has 0 unspecified atom stereocenters. The Balaban J connectivity index is 1.68. The molecule has 0 bridgehead atoms. The molecule has 2 heterocycles. The second kappa shape index (κ2) is 11.3. The quantitative estimate of drug-likeness (QED) is 0.268. The van der Waals surface area contributed by atoms with Gasteiger partial charge in [-0.25, -0.2) is 9.18 Å². The zero-order chi connectivity index (χ0) is 30.3. The molecule has 1 aromatic heterocycles. The number of hydrogen-bond acceptors (Lipinski definition) is 6. The van der Waals surface area contributed by atoms with Crippen molar-refractivity contribution in [1.29, 1.82) is 0 Å². The molecule has 0 saturated carbocycles. The number of nitrogens with one attached hydrogen (secondary N) is 1. The number of ether oxygens (including phenoxy) is 2. The minimum Gasteiger partial charge on any atom is -0.349 e. The lowest BCUT2D eigenvalue weighted by atomic mass is 10.0. The highest BCUT2D eigenvalue weighted by Gasteiger charge is 2.39. The Hall–Kier alpha value is -3.00. The number of H-pyrrole nitrogens is 1. The summed E-state index contributed by atoms with van der Waals surface area (Å²) in [5, 5.41) is 4.11. The summed E-state index contributed by atoms with van der Waals surface area (Å²) >= 11 is 0. The van der Waals surface area contributed by atoms with E-state index < -0.39 is 60.7 Å². The van der Waals surface area contributed by atoms with Crippen LogP contribution in [0.15, 0.2) is 47.3 Å². The molecule has 2 aromatic carbocycles. The molecule has 1 aliphatic rings. The molecule has 1 N–H and O–H groups in total. The minimum absolute atomic E-state index is 0.0241. The molecule has 0 aliphatic carbocycles. The highest BCUT2D eigenvalue weighted by Crippen LogP contribution is 2.40. The van der Waals surface area contributed by atoms with Gasteiger partial charge in [0.1, 0.15) is 11.6 Å². The first kappa shape index (κ1) is 30.9. The van der Waals surface area contributed by atoms with E-state index in [2.05, 4.69) is 10.1 Å². The van der Waals surface area contributed by atoms with Gasteiger partial charge in [-0.3, -0.25) is 14.4 Å². The maximum absolute atomic E-state index is 13.7. The fraction of sp³-hybridized carbons (Fsp3) is 0.440. The molecule has 1 fully saturated rings. The van der Waals surface area contributed by atoms with E-state index in [9.17, 15) is 40.1 Å². The van der Waals surface area contributed by atoms with Crippen LogP contribution in [-0.4, -0.2) is 52.2 Å². The Bertz CT molecular complexity index is 1450. The van der Waals surface area contributed by atoms with Crippen LogP contribution in [0.25, 0.3) is 0 Å². The molecule has 3 aromatic rings. The van der Waals surface area contributed by atoms with Crippen molar-refractivity contribution in [2.24, 2.45) is 0 Å². The van der Waals surface area contributed by atoms with Crippen molar-refractivity contribution in [3.63, 3.8) is 0 Å². The number of benzene rings is 2. The largest absolute Gasteiger partial charge is 0.416 e. The molecule has 1 aliphatic heterocycles. The molecule has 0 spiro atoms. The number of morpholine rings is 1. The van der Waals surface area contributed by atoms with Crippen molar-refractivity contribution in [2.75, 3.05) is 26.5 Å². The van der Waals surface area contributed by atoms with Gasteiger partial charge in [0.25, 0.3) is 0 Å². The van der Waals surface area contributed by atoms with Gasteiger partial charge in [-0.15, -0.1) is 5.10 Å². The van der Waals surface area contributed by atoms with E-state index >= 15 is 0 Å². The molecule has 1 saturated heterocycles. The number of alkyl halides is 6. The Morgan fingerprint density at radius 2 is 1.66 bits per heavy atom. The number of rotatable bonds is 7. The van der Waals surface area contributed by atoms with Crippen LogP contribution in [0, 0.1) is 5.82 Å². The maximum Gasteiger partial charge on any atom is 0.416 e. The van der Waals surface area contributed by atoms with Crippen molar-refractivity contribution in [2.45, 2.75) is 44.3 Å². The van der Waals surface area contributed by atoms with Crippen LogP contribution in [0.1, 0.15) is 47.1 Å². The number of aromatic nitrogens is 3. The van der Waals surface area contributed by atoms with Gasteiger partial charge >= 0.3 is 18.0 Å². The summed E-state index contributed by atoms with van der Waals surface area (Å²) < 4.78 is 119. The van der Waals surface area contributed by atoms with E-state index in [0.29, 0.717) is 17.7 Å². The molecule has 224 valence electrons. The molecule has 41 heavy (non-hydrogen) atoms. The molecule has 3 atom stereocenters. The zero-order valence-electron chi connectivity index (χ0n) is 22.0. The average molecular weight is 610 g/mol. The molecule has 0 radical (unpaired) electrons. The van der Waals surface area contributed by atoms with Crippen LogP contribution in [0.3, 0.4) is 0 Å². The van der Waals surface area contributed by atoms with Gasteiger partial charge in [-0.05, 0) is 48.4 Å². The standard InChI is InChI=1S/C25H26F7N4O4P/c1-14(16-10-17(24(27,28)29)12-18(11-16)25(30,31)32)40-22-21(15-4-6-19(26)7-5-15)35(8-9-39-22)13-20-33-23(37)36(34-20)41(2,3)38/h4-7,10-12,14,21-22H,8-9,13H2,1-3H3,(H,33,34,37)/t14-,21+,22-/m1/s1. The van der Waals surface area contributed by atoms with Crippen LogP contribution in [0.5, 0.6) is 0 Å². The number of aromatic amines is 1. The van der Waals surface area contributed by atoms with E-state index in [-0.39, 0.29) is 37.2 Å². The predicted octanol–water partition coefficient (Wildman–Crippen LogP) is 5.81. The van der Waals surface area contributed by atoms with Crippen molar-refractivity contribution >= 4 is 7.29 Å². The first-order valence-electron chi connectivity index (χ1n) is 12.2. The maximum atomic E-state index is 13.7. The molecule has 8 nitrogen and oxygen atoms in total. The summed E-state index contributed by atoms with van der Waals surface area (Å²) in [6.07, 6.45) is -12.6. The number of nitrogens with zero attached hydrogens (tertiary/aromatic N) is 3. The topological polar surface area (TPSA) is 89.4 Å². The highest BCUT2D eigenvalue weighted by atomic mass is 31.2. The van der Waals surface area contributed by atoms with Crippen LogP contribution < -0.4 is 5.69 Å². The van der Waals surface area contributed by atoms with E-state index in [1.54, 1.807) is 4.90 Å². The van der Waals surface area contributed by atoms with Crippen molar-refractivity contribution in [3.8, 4) is 0 Å². The summed E-state index contributed by atoms with van der Waals surface area (Å²) in [4.78, 5) is 16.5. The Morgan fingerprint density at radius 3 is 2.17 bits per heavy atom. The normalized spacial score (nSPS) is 19.9. The molecule has 16 heteroatoms. The molecular weight excluding hydrogens is 584 g/mol. The minimum atomic E-state index is -5.04. The fourth-order valence-electron chi connectivity index (χ4n) is 4.45. The summed E-state index contributed by atoms with van der Waals surface area (Å²) in [5.74, 6) is -0.399. The average Bonchev–Trinajstić information content (AvgIpc) is 3.24. The van der Waals surface area contributed by atoms with Gasteiger partial charge in [0.15, 0.2) is 13.6 Å². The lowest BCUT2D eigenvalue weighted by molar-refractivity contribution is -0.231. The molecule has 0 amide bonds. The summed E-state index contributed by atoms with van der Waals surface area (Å²) in [6, 6.07) is 5.56. The Kier molecular flexibility index (Phi) is 8.57. The third kappa shape index (κ3) is 7.26. The smallest absolute Gasteiger partial charge is 0.349 e. The second-order valence-corrected chi connectivity index (χ2v) is 12.9. The van der Waals surface area contributed by atoms with Crippen molar-refractivity contribution in [1.82, 2.24) is 19.4 Å². The fourth-order valence-corrected chi connectivity index (χ4v) is 5.26. The van der Waals surface area contributed by atoms with Gasteiger partial charge in [0.2, 0.25) is 0 Å². The third-order valence-electron chi connectivity index (χ3n) is 6.40. The first-order chi connectivity index (χ1) is 18.9. The molecular formula is C25H26F7N4O4P. The van der Waals surface area contributed by atoms with Gasteiger partial charge < -0.3 is 9.47 Å².